The van der Waals surface area contributed by atoms with Crippen molar-refractivity contribution in [2.24, 2.45) is 5.92 Å². The number of hydrogen-bond donors (Lipinski definition) is 2. The zero-order valence-corrected chi connectivity index (χ0v) is 15.8. The minimum atomic E-state index is -0.767. The average molecular weight is 365 g/mol. The molecule has 2 N–H and O–H groups in total. The van der Waals surface area contributed by atoms with Gasteiger partial charge in [-0.05, 0) is 51.4 Å². The van der Waals surface area contributed by atoms with Crippen LogP contribution in [0.25, 0.3) is 0 Å². The molecule has 1 aromatic heterocycles. The maximum absolute atomic E-state index is 12.5. The van der Waals surface area contributed by atoms with Crippen LogP contribution >= 0.6 is 11.3 Å². The van der Waals surface area contributed by atoms with Crippen molar-refractivity contribution in [1.29, 1.82) is 0 Å². The van der Waals surface area contributed by atoms with Crippen molar-refractivity contribution in [3.63, 3.8) is 0 Å². The molecule has 0 radical (unpaired) electrons. The Morgan fingerprint density at radius 2 is 2.08 bits per heavy atom. The number of carboxylic acid groups (broad SMARTS) is 1. The zero-order chi connectivity index (χ0) is 18.0. The van der Waals surface area contributed by atoms with E-state index in [-0.39, 0.29) is 24.5 Å². The van der Waals surface area contributed by atoms with Gasteiger partial charge in [-0.1, -0.05) is 6.92 Å². The summed E-state index contributed by atoms with van der Waals surface area (Å²) in [6, 6.07) is 0.421. The third kappa shape index (κ3) is 4.79. The van der Waals surface area contributed by atoms with Gasteiger partial charge in [0, 0.05) is 18.6 Å². The molecule has 0 saturated heterocycles. The fraction of sp³-hybridized carbons (Fsp3) is 0.722. The number of rotatable bonds is 9. The maximum Gasteiger partial charge on any atom is 0.317 e. The molecule has 0 unspecified atom stereocenters. The van der Waals surface area contributed by atoms with Gasteiger partial charge in [-0.2, -0.15) is 0 Å². The number of aryl methyl sites for hydroxylation is 2. The Morgan fingerprint density at radius 1 is 1.36 bits per heavy atom. The van der Waals surface area contributed by atoms with Crippen LogP contribution in [-0.2, 0) is 11.2 Å². The standard InChI is InChI=1S/C18H27N3O3S/c1-3-4-15-19-11(2)17(25-15)18(24)20-13-7-14(8-13)21(10-16(22)23)9-12-5-6-12/h12-14H,3-10H2,1-2H3,(H,20,24)(H,22,23). The van der Waals surface area contributed by atoms with Crippen molar-refractivity contribution in [2.45, 2.75) is 64.5 Å². The highest BCUT2D eigenvalue weighted by Gasteiger charge is 2.38. The molecule has 0 aliphatic heterocycles. The first-order chi connectivity index (χ1) is 12.0. The second kappa shape index (κ2) is 7.83. The van der Waals surface area contributed by atoms with Crippen molar-refractivity contribution < 1.29 is 14.7 Å². The molecule has 1 amide bonds. The predicted molar refractivity (Wildman–Crippen MR) is 97.1 cm³/mol. The van der Waals surface area contributed by atoms with Crippen LogP contribution in [0.5, 0.6) is 0 Å². The van der Waals surface area contributed by atoms with E-state index in [1.54, 1.807) is 0 Å². The van der Waals surface area contributed by atoms with Gasteiger partial charge in [0.1, 0.15) is 4.88 Å². The molecule has 0 bridgehead atoms. The molecule has 6 nitrogen and oxygen atoms in total. The van der Waals surface area contributed by atoms with E-state index in [4.69, 9.17) is 5.11 Å². The zero-order valence-electron chi connectivity index (χ0n) is 15.0. The minimum Gasteiger partial charge on any atom is -0.480 e. The number of amides is 1. The molecule has 0 aromatic carbocycles. The number of aliphatic carboxylic acids is 1. The average Bonchev–Trinajstić information content (AvgIpc) is 3.23. The molecular weight excluding hydrogens is 338 g/mol. The second-order valence-corrected chi connectivity index (χ2v) is 8.42. The molecular formula is C18H27N3O3S. The van der Waals surface area contributed by atoms with Gasteiger partial charge in [0.15, 0.2) is 0 Å². The summed E-state index contributed by atoms with van der Waals surface area (Å²) in [6.07, 6.45) is 6.05. The van der Waals surface area contributed by atoms with Gasteiger partial charge in [-0.3, -0.25) is 14.5 Å². The van der Waals surface area contributed by atoms with Crippen molar-refractivity contribution in [2.75, 3.05) is 13.1 Å². The maximum atomic E-state index is 12.5. The number of nitrogens with zero attached hydrogens (tertiary/aromatic N) is 2. The Bertz CT molecular complexity index is 636. The first-order valence-corrected chi connectivity index (χ1v) is 10.0. The minimum absolute atomic E-state index is 0.0345. The van der Waals surface area contributed by atoms with Crippen molar-refractivity contribution in [3.8, 4) is 0 Å². The van der Waals surface area contributed by atoms with Gasteiger partial charge >= 0.3 is 5.97 Å². The summed E-state index contributed by atoms with van der Waals surface area (Å²) in [4.78, 5) is 30.8. The Morgan fingerprint density at radius 3 is 2.68 bits per heavy atom. The Labute approximate surface area is 152 Å². The van der Waals surface area contributed by atoms with E-state index in [9.17, 15) is 9.59 Å². The van der Waals surface area contributed by atoms with Crippen molar-refractivity contribution in [1.82, 2.24) is 15.2 Å². The van der Waals surface area contributed by atoms with Crippen LogP contribution in [-0.4, -0.2) is 52.0 Å². The SMILES string of the molecule is CCCc1nc(C)c(C(=O)NC2CC(N(CC(=O)O)CC3CC3)C2)s1. The molecule has 0 atom stereocenters. The Balaban J connectivity index is 1.50. The van der Waals surface area contributed by atoms with Gasteiger partial charge in [0.05, 0.1) is 17.2 Å². The summed E-state index contributed by atoms with van der Waals surface area (Å²) in [5.74, 6) is -0.130. The molecule has 0 spiro atoms. The topological polar surface area (TPSA) is 82.5 Å². The molecule has 2 saturated carbocycles. The lowest BCUT2D eigenvalue weighted by Gasteiger charge is -2.42. The highest BCUT2D eigenvalue weighted by Crippen LogP contribution is 2.34. The van der Waals surface area contributed by atoms with E-state index >= 15 is 0 Å². The number of nitrogens with one attached hydrogen (secondary N) is 1. The highest BCUT2D eigenvalue weighted by molar-refractivity contribution is 7.13. The van der Waals surface area contributed by atoms with Crippen LogP contribution < -0.4 is 5.32 Å². The van der Waals surface area contributed by atoms with Gasteiger partial charge in [0.25, 0.3) is 5.91 Å². The number of carboxylic acids is 1. The fourth-order valence-corrected chi connectivity index (χ4v) is 4.46. The largest absolute Gasteiger partial charge is 0.480 e. The van der Waals surface area contributed by atoms with Crippen LogP contribution in [0.1, 0.15) is 59.4 Å². The molecule has 3 rings (SSSR count). The van der Waals surface area contributed by atoms with Crippen molar-refractivity contribution >= 4 is 23.2 Å². The second-order valence-electron chi connectivity index (χ2n) is 7.33. The first-order valence-electron chi connectivity index (χ1n) is 9.19. The Kier molecular flexibility index (Phi) is 5.74. The molecule has 1 heterocycles. The smallest absolute Gasteiger partial charge is 0.317 e. The van der Waals surface area contributed by atoms with Crippen LogP contribution in [0.4, 0.5) is 0 Å². The van der Waals surface area contributed by atoms with E-state index in [1.165, 1.54) is 24.2 Å². The summed E-state index contributed by atoms with van der Waals surface area (Å²) < 4.78 is 0. The lowest BCUT2D eigenvalue weighted by molar-refractivity contribution is -0.139. The van der Waals surface area contributed by atoms with Gasteiger partial charge < -0.3 is 10.4 Å². The number of carbonyl (C=O) groups excluding carboxylic acids is 1. The summed E-state index contributed by atoms with van der Waals surface area (Å²) in [5.41, 5.74) is 0.808. The molecule has 7 heteroatoms. The number of thiazole rings is 1. The van der Waals surface area contributed by atoms with E-state index < -0.39 is 5.97 Å². The molecule has 1 aromatic rings. The van der Waals surface area contributed by atoms with Gasteiger partial charge in [-0.15, -0.1) is 11.3 Å². The predicted octanol–water partition coefficient (Wildman–Crippen LogP) is 2.46. The Hall–Kier alpha value is -1.47. The normalized spacial score (nSPS) is 22.7. The summed E-state index contributed by atoms with van der Waals surface area (Å²) in [6.45, 7) is 4.98. The van der Waals surface area contributed by atoms with Crippen LogP contribution in [0.3, 0.4) is 0 Å². The third-order valence-corrected chi connectivity index (χ3v) is 6.22. The number of hydrogen-bond acceptors (Lipinski definition) is 5. The quantitative estimate of drug-likeness (QED) is 0.702. The van der Waals surface area contributed by atoms with Crippen molar-refractivity contribution in [3.05, 3.63) is 15.6 Å². The molecule has 2 aliphatic carbocycles. The van der Waals surface area contributed by atoms with Crippen LogP contribution in [0.2, 0.25) is 0 Å². The molecule has 138 valence electrons. The number of aromatic nitrogens is 1. The van der Waals surface area contributed by atoms with E-state index in [2.05, 4.69) is 22.1 Å². The van der Waals surface area contributed by atoms with E-state index in [0.717, 1.165) is 42.9 Å². The lowest BCUT2D eigenvalue weighted by atomic mass is 9.85. The van der Waals surface area contributed by atoms with Gasteiger partial charge in [0.2, 0.25) is 0 Å². The van der Waals surface area contributed by atoms with Crippen LogP contribution in [0.15, 0.2) is 0 Å². The number of carbonyl (C=O) groups is 2. The fourth-order valence-electron chi connectivity index (χ4n) is 3.39. The van der Waals surface area contributed by atoms with Crippen LogP contribution in [0, 0.1) is 12.8 Å². The lowest BCUT2D eigenvalue weighted by Crippen LogP contribution is -2.55. The molecule has 2 fully saturated rings. The summed E-state index contributed by atoms with van der Waals surface area (Å²) in [5, 5.41) is 13.2. The van der Waals surface area contributed by atoms with Gasteiger partial charge in [-0.25, -0.2) is 4.98 Å². The summed E-state index contributed by atoms with van der Waals surface area (Å²) in [7, 11) is 0. The first kappa shape index (κ1) is 18.3. The summed E-state index contributed by atoms with van der Waals surface area (Å²) >= 11 is 1.49. The molecule has 25 heavy (non-hydrogen) atoms. The highest BCUT2D eigenvalue weighted by atomic mass is 32.1. The third-order valence-electron chi connectivity index (χ3n) is 5.00. The van der Waals surface area contributed by atoms with E-state index in [1.807, 2.05) is 6.92 Å². The van der Waals surface area contributed by atoms with E-state index in [0.29, 0.717) is 10.8 Å². The monoisotopic (exact) mass is 365 g/mol. The molecule has 2 aliphatic rings.